The van der Waals surface area contributed by atoms with Crippen molar-refractivity contribution in [1.29, 1.82) is 0 Å². The van der Waals surface area contributed by atoms with Gasteiger partial charge in [-0.3, -0.25) is 4.79 Å². The largest absolute Gasteiger partial charge is 0.466 e. The van der Waals surface area contributed by atoms with E-state index in [1.807, 2.05) is 13.8 Å². The molecule has 0 saturated carbocycles. The molecule has 2 heteroatoms. The van der Waals surface area contributed by atoms with Gasteiger partial charge in [0.1, 0.15) is 0 Å². The molecule has 0 amide bonds. The molecule has 1 aliphatic rings. The first-order valence-corrected chi connectivity index (χ1v) is 5.54. The Morgan fingerprint density at radius 2 is 2.21 bits per heavy atom. The lowest BCUT2D eigenvalue weighted by molar-refractivity contribution is -0.148. The second-order valence-electron chi connectivity index (χ2n) is 3.99. The third-order valence-electron chi connectivity index (χ3n) is 3.03. The number of esters is 1. The Morgan fingerprint density at radius 3 is 2.71 bits per heavy atom. The molecule has 3 unspecified atom stereocenters. The molecule has 0 aromatic heterocycles. The molecule has 0 heterocycles. The van der Waals surface area contributed by atoms with Gasteiger partial charge in [0.05, 0.1) is 12.5 Å². The van der Waals surface area contributed by atoms with Crippen LogP contribution in [0, 0.1) is 17.8 Å². The Kier molecular flexibility index (Phi) is 4.18. The SMILES string of the molecule is CCOC(=O)C(C)C1C=CC(CC)C1. The topological polar surface area (TPSA) is 26.3 Å². The van der Waals surface area contributed by atoms with Crippen molar-refractivity contribution in [3.05, 3.63) is 12.2 Å². The molecule has 0 fully saturated rings. The molecule has 0 bridgehead atoms. The lowest BCUT2D eigenvalue weighted by Gasteiger charge is -2.17. The summed E-state index contributed by atoms with van der Waals surface area (Å²) in [4.78, 5) is 11.5. The van der Waals surface area contributed by atoms with Gasteiger partial charge in [0.2, 0.25) is 0 Å². The molecular weight excluding hydrogens is 176 g/mol. The maximum atomic E-state index is 11.5. The first-order valence-electron chi connectivity index (χ1n) is 5.54. The summed E-state index contributed by atoms with van der Waals surface area (Å²) in [6, 6.07) is 0. The van der Waals surface area contributed by atoms with Gasteiger partial charge in [0, 0.05) is 0 Å². The highest BCUT2D eigenvalue weighted by molar-refractivity contribution is 5.72. The Hall–Kier alpha value is -0.790. The third kappa shape index (κ3) is 2.60. The van der Waals surface area contributed by atoms with Crippen molar-refractivity contribution in [2.24, 2.45) is 17.8 Å². The standard InChI is InChI=1S/C12H20O2/c1-4-10-6-7-11(8-10)9(3)12(13)14-5-2/h6-7,9-11H,4-5,8H2,1-3H3. The van der Waals surface area contributed by atoms with Crippen molar-refractivity contribution >= 4 is 5.97 Å². The lowest BCUT2D eigenvalue weighted by atomic mass is 9.91. The number of rotatable bonds is 4. The van der Waals surface area contributed by atoms with Crippen molar-refractivity contribution in [1.82, 2.24) is 0 Å². The zero-order valence-corrected chi connectivity index (χ0v) is 9.32. The fraction of sp³-hybridized carbons (Fsp3) is 0.750. The van der Waals surface area contributed by atoms with E-state index in [0.717, 1.165) is 6.42 Å². The highest BCUT2D eigenvalue weighted by Gasteiger charge is 2.28. The average Bonchev–Trinajstić information content (AvgIpc) is 2.65. The van der Waals surface area contributed by atoms with Crippen LogP contribution in [0.1, 0.15) is 33.6 Å². The third-order valence-corrected chi connectivity index (χ3v) is 3.03. The van der Waals surface area contributed by atoms with Gasteiger partial charge in [-0.15, -0.1) is 0 Å². The van der Waals surface area contributed by atoms with E-state index in [9.17, 15) is 4.79 Å². The molecule has 0 N–H and O–H groups in total. The summed E-state index contributed by atoms with van der Waals surface area (Å²) in [7, 11) is 0. The van der Waals surface area contributed by atoms with Crippen molar-refractivity contribution in [2.45, 2.75) is 33.6 Å². The monoisotopic (exact) mass is 196 g/mol. The maximum Gasteiger partial charge on any atom is 0.309 e. The van der Waals surface area contributed by atoms with Gasteiger partial charge in [0.25, 0.3) is 0 Å². The van der Waals surface area contributed by atoms with Crippen LogP contribution in [-0.4, -0.2) is 12.6 Å². The number of ether oxygens (including phenoxy) is 1. The molecule has 1 rings (SSSR count). The summed E-state index contributed by atoms with van der Waals surface area (Å²) < 4.78 is 5.01. The number of hydrogen-bond acceptors (Lipinski definition) is 2. The van der Waals surface area contributed by atoms with Crippen LogP contribution < -0.4 is 0 Å². The lowest BCUT2D eigenvalue weighted by Crippen LogP contribution is -2.21. The molecule has 1 aliphatic carbocycles. The predicted octanol–water partition coefficient (Wildman–Crippen LogP) is 2.79. The van der Waals surface area contributed by atoms with Gasteiger partial charge in [-0.2, -0.15) is 0 Å². The smallest absolute Gasteiger partial charge is 0.309 e. The predicted molar refractivity (Wildman–Crippen MR) is 56.8 cm³/mol. The van der Waals surface area contributed by atoms with Crippen LogP contribution in [0.25, 0.3) is 0 Å². The minimum Gasteiger partial charge on any atom is -0.466 e. The van der Waals surface area contributed by atoms with Crippen molar-refractivity contribution in [3.8, 4) is 0 Å². The summed E-state index contributed by atoms with van der Waals surface area (Å²) in [6.45, 7) is 6.48. The quantitative estimate of drug-likeness (QED) is 0.510. The summed E-state index contributed by atoms with van der Waals surface area (Å²) in [5.74, 6) is 1.01. The molecule has 80 valence electrons. The fourth-order valence-corrected chi connectivity index (χ4v) is 1.93. The summed E-state index contributed by atoms with van der Waals surface area (Å²) in [5, 5.41) is 0. The Labute approximate surface area is 86.3 Å². The molecule has 0 aromatic carbocycles. The minimum atomic E-state index is -0.0566. The summed E-state index contributed by atoms with van der Waals surface area (Å²) in [5.41, 5.74) is 0. The van der Waals surface area contributed by atoms with E-state index < -0.39 is 0 Å². The molecular formula is C12H20O2. The molecule has 0 saturated heterocycles. The normalized spacial score (nSPS) is 27.6. The van der Waals surface area contributed by atoms with Crippen LogP contribution >= 0.6 is 0 Å². The Balaban J connectivity index is 2.43. The number of allylic oxidation sites excluding steroid dienone is 2. The minimum absolute atomic E-state index is 0.0164. The Bertz CT molecular complexity index is 220. The number of carbonyl (C=O) groups excluding carboxylic acids is 1. The highest BCUT2D eigenvalue weighted by Crippen LogP contribution is 2.31. The van der Waals surface area contributed by atoms with E-state index in [1.54, 1.807) is 0 Å². The molecule has 0 aromatic rings. The second-order valence-corrected chi connectivity index (χ2v) is 3.99. The van der Waals surface area contributed by atoms with Crippen LogP contribution in [-0.2, 0) is 9.53 Å². The van der Waals surface area contributed by atoms with Crippen molar-refractivity contribution < 1.29 is 9.53 Å². The van der Waals surface area contributed by atoms with E-state index in [1.165, 1.54) is 6.42 Å². The number of hydrogen-bond donors (Lipinski definition) is 0. The van der Waals surface area contributed by atoms with Gasteiger partial charge in [-0.1, -0.05) is 26.0 Å². The summed E-state index contributed by atoms with van der Waals surface area (Å²) >= 11 is 0. The molecule has 2 nitrogen and oxygen atoms in total. The Morgan fingerprint density at radius 1 is 1.50 bits per heavy atom. The first kappa shape index (κ1) is 11.3. The van der Waals surface area contributed by atoms with Gasteiger partial charge < -0.3 is 4.74 Å². The van der Waals surface area contributed by atoms with E-state index in [2.05, 4.69) is 19.1 Å². The number of carbonyl (C=O) groups is 1. The van der Waals surface area contributed by atoms with Crippen molar-refractivity contribution in [2.75, 3.05) is 6.61 Å². The van der Waals surface area contributed by atoms with Crippen LogP contribution in [0.4, 0.5) is 0 Å². The van der Waals surface area contributed by atoms with Crippen molar-refractivity contribution in [3.63, 3.8) is 0 Å². The molecule has 3 atom stereocenters. The molecule has 0 radical (unpaired) electrons. The zero-order chi connectivity index (χ0) is 10.6. The van der Waals surface area contributed by atoms with Crippen LogP contribution in [0.15, 0.2) is 12.2 Å². The van der Waals surface area contributed by atoms with Crippen LogP contribution in [0.2, 0.25) is 0 Å². The zero-order valence-electron chi connectivity index (χ0n) is 9.32. The van der Waals surface area contributed by atoms with E-state index in [4.69, 9.17) is 4.74 Å². The van der Waals surface area contributed by atoms with Gasteiger partial charge >= 0.3 is 5.97 Å². The van der Waals surface area contributed by atoms with Gasteiger partial charge in [-0.05, 0) is 31.6 Å². The second kappa shape index (κ2) is 5.18. The van der Waals surface area contributed by atoms with Crippen LogP contribution in [0.5, 0.6) is 0 Å². The molecule has 14 heavy (non-hydrogen) atoms. The highest BCUT2D eigenvalue weighted by atomic mass is 16.5. The van der Waals surface area contributed by atoms with E-state index >= 15 is 0 Å². The van der Waals surface area contributed by atoms with E-state index in [0.29, 0.717) is 18.4 Å². The first-order chi connectivity index (χ1) is 6.69. The molecule has 0 aliphatic heterocycles. The summed E-state index contributed by atoms with van der Waals surface area (Å²) in [6.07, 6.45) is 6.69. The molecule has 0 spiro atoms. The average molecular weight is 196 g/mol. The van der Waals surface area contributed by atoms with Gasteiger partial charge in [0.15, 0.2) is 0 Å². The van der Waals surface area contributed by atoms with Gasteiger partial charge in [-0.25, -0.2) is 0 Å². The van der Waals surface area contributed by atoms with Crippen LogP contribution in [0.3, 0.4) is 0 Å². The van der Waals surface area contributed by atoms with E-state index in [-0.39, 0.29) is 11.9 Å². The fourth-order valence-electron chi connectivity index (χ4n) is 1.93. The maximum absolute atomic E-state index is 11.5.